The number of anilines is 1. The van der Waals surface area contributed by atoms with Crippen molar-refractivity contribution in [1.29, 1.82) is 0 Å². The Bertz CT molecular complexity index is 684. The van der Waals surface area contributed by atoms with E-state index in [-0.39, 0.29) is 12.6 Å². The second kappa shape index (κ2) is 7.68. The summed E-state index contributed by atoms with van der Waals surface area (Å²) in [6.07, 6.45) is 5.18. The summed E-state index contributed by atoms with van der Waals surface area (Å²) in [5.74, 6) is -1.81. The monoisotopic (exact) mass is 297 g/mol. The number of amides is 1. The van der Waals surface area contributed by atoms with Gasteiger partial charge in [-0.25, -0.2) is 14.8 Å². The van der Waals surface area contributed by atoms with E-state index in [0.717, 1.165) is 5.56 Å². The first kappa shape index (κ1) is 15.4. The van der Waals surface area contributed by atoms with Gasteiger partial charge in [0.2, 0.25) is 5.95 Å². The quantitative estimate of drug-likeness (QED) is 0.690. The molecule has 0 bridgehead atoms. The minimum Gasteiger partial charge on any atom is -0.459 e. The minimum atomic E-state index is -0.962. The number of ether oxygens (including phenoxy) is 1. The summed E-state index contributed by atoms with van der Waals surface area (Å²) >= 11 is 0. The Labute approximate surface area is 127 Å². The molecule has 1 heterocycles. The van der Waals surface area contributed by atoms with Crippen LogP contribution in [-0.4, -0.2) is 28.5 Å². The van der Waals surface area contributed by atoms with E-state index in [0.29, 0.717) is 5.69 Å². The molecule has 0 aliphatic rings. The number of carbonyl (C=O) groups is 2. The van der Waals surface area contributed by atoms with Gasteiger partial charge in [-0.2, -0.15) is 0 Å². The van der Waals surface area contributed by atoms with E-state index in [1.165, 1.54) is 6.20 Å². The highest BCUT2D eigenvalue weighted by Crippen LogP contribution is 2.07. The summed E-state index contributed by atoms with van der Waals surface area (Å²) < 4.78 is 4.59. The lowest BCUT2D eigenvalue weighted by Crippen LogP contribution is -2.26. The predicted octanol–water partition coefficient (Wildman–Crippen LogP) is 2.15. The highest BCUT2D eigenvalue weighted by molar-refractivity contribution is 6.37. The van der Waals surface area contributed by atoms with Crippen molar-refractivity contribution in [2.24, 2.45) is 0 Å². The van der Waals surface area contributed by atoms with E-state index in [4.69, 9.17) is 0 Å². The molecule has 0 fully saturated rings. The zero-order valence-electron chi connectivity index (χ0n) is 12.0. The maximum Gasteiger partial charge on any atom is 0.397 e. The van der Waals surface area contributed by atoms with Gasteiger partial charge in [-0.05, 0) is 24.6 Å². The Balaban J connectivity index is 2.05. The lowest BCUT2D eigenvalue weighted by molar-refractivity contribution is -0.152. The maximum absolute atomic E-state index is 11.5. The number of esters is 1. The molecule has 112 valence electrons. The van der Waals surface area contributed by atoms with Crippen molar-refractivity contribution >= 4 is 30.0 Å². The van der Waals surface area contributed by atoms with Gasteiger partial charge in [0.25, 0.3) is 0 Å². The van der Waals surface area contributed by atoms with Crippen LogP contribution in [0.15, 0.2) is 42.6 Å². The molecule has 22 heavy (non-hydrogen) atoms. The molecule has 0 aliphatic heterocycles. The molecule has 6 heteroatoms. The van der Waals surface area contributed by atoms with Gasteiger partial charge in [-0.15, -0.1) is 0 Å². The molecule has 0 atom stereocenters. The van der Waals surface area contributed by atoms with Gasteiger partial charge in [-0.1, -0.05) is 36.4 Å². The molecular weight excluding hydrogens is 282 g/mol. The minimum absolute atomic E-state index is 0.0493. The second-order valence-electron chi connectivity index (χ2n) is 4.22. The van der Waals surface area contributed by atoms with E-state index < -0.39 is 11.9 Å². The predicted molar refractivity (Wildman–Crippen MR) is 82.7 cm³/mol. The van der Waals surface area contributed by atoms with E-state index in [1.807, 2.05) is 36.4 Å². The average Bonchev–Trinajstić information content (AvgIpc) is 2.54. The number of carbonyl (C=O) groups excluding carboxylic acids is 2. The molecule has 0 radical (unpaired) electrons. The SMILES string of the molecule is CCOC(=O)C(=O)Nc1nccc(/C=C/c2ccccc2)n1. The zero-order chi connectivity index (χ0) is 15.8. The van der Waals surface area contributed by atoms with Crippen LogP contribution >= 0.6 is 0 Å². The van der Waals surface area contributed by atoms with Crippen molar-refractivity contribution in [3.8, 4) is 0 Å². The van der Waals surface area contributed by atoms with Crippen LogP contribution in [0.3, 0.4) is 0 Å². The molecule has 0 aliphatic carbocycles. The van der Waals surface area contributed by atoms with Crippen LogP contribution < -0.4 is 5.32 Å². The van der Waals surface area contributed by atoms with E-state index >= 15 is 0 Å². The van der Waals surface area contributed by atoms with E-state index in [2.05, 4.69) is 20.0 Å². The lowest BCUT2D eigenvalue weighted by Gasteiger charge is -2.03. The summed E-state index contributed by atoms with van der Waals surface area (Å²) in [6, 6.07) is 11.4. The number of nitrogens with one attached hydrogen (secondary N) is 1. The molecule has 1 aromatic heterocycles. The van der Waals surface area contributed by atoms with Crippen LogP contribution in [0.4, 0.5) is 5.95 Å². The third-order valence-electron chi connectivity index (χ3n) is 2.61. The molecule has 1 N–H and O–H groups in total. The van der Waals surface area contributed by atoms with Crippen LogP contribution in [0.1, 0.15) is 18.2 Å². The molecule has 1 amide bonds. The lowest BCUT2D eigenvalue weighted by atomic mass is 10.2. The Kier molecular flexibility index (Phi) is 5.37. The number of nitrogens with zero attached hydrogens (tertiary/aromatic N) is 2. The van der Waals surface area contributed by atoms with Crippen LogP contribution in [0.25, 0.3) is 12.2 Å². The highest BCUT2D eigenvalue weighted by atomic mass is 16.5. The summed E-state index contributed by atoms with van der Waals surface area (Å²) in [5.41, 5.74) is 1.64. The Morgan fingerprint density at radius 2 is 1.95 bits per heavy atom. The number of aromatic nitrogens is 2. The van der Waals surface area contributed by atoms with Crippen molar-refractivity contribution in [3.05, 3.63) is 53.9 Å². The maximum atomic E-state index is 11.5. The molecule has 1 aromatic carbocycles. The van der Waals surface area contributed by atoms with Gasteiger partial charge in [0.05, 0.1) is 12.3 Å². The van der Waals surface area contributed by atoms with Gasteiger partial charge in [0.15, 0.2) is 0 Å². The average molecular weight is 297 g/mol. The van der Waals surface area contributed by atoms with Crippen molar-refractivity contribution < 1.29 is 14.3 Å². The van der Waals surface area contributed by atoms with Gasteiger partial charge < -0.3 is 4.74 Å². The third kappa shape index (κ3) is 4.52. The van der Waals surface area contributed by atoms with Crippen molar-refractivity contribution in [2.45, 2.75) is 6.92 Å². The molecule has 0 saturated carbocycles. The number of hydrogen-bond acceptors (Lipinski definition) is 5. The number of hydrogen-bond donors (Lipinski definition) is 1. The molecule has 2 rings (SSSR count). The van der Waals surface area contributed by atoms with Gasteiger partial charge in [0.1, 0.15) is 0 Å². The van der Waals surface area contributed by atoms with Crippen LogP contribution in [0.2, 0.25) is 0 Å². The van der Waals surface area contributed by atoms with Crippen LogP contribution in [-0.2, 0) is 14.3 Å². The molecule has 0 unspecified atom stereocenters. The third-order valence-corrected chi connectivity index (χ3v) is 2.61. The topological polar surface area (TPSA) is 81.2 Å². The first-order chi connectivity index (χ1) is 10.7. The van der Waals surface area contributed by atoms with Gasteiger partial charge in [0, 0.05) is 6.20 Å². The molecule has 0 saturated heterocycles. The molecule has 2 aromatic rings. The van der Waals surface area contributed by atoms with Crippen molar-refractivity contribution in [3.63, 3.8) is 0 Å². The Morgan fingerprint density at radius 3 is 2.68 bits per heavy atom. The summed E-state index contributed by atoms with van der Waals surface area (Å²) in [6.45, 7) is 1.75. The first-order valence-electron chi connectivity index (χ1n) is 6.73. The largest absolute Gasteiger partial charge is 0.459 e. The summed E-state index contributed by atoms with van der Waals surface area (Å²) in [4.78, 5) is 30.8. The Morgan fingerprint density at radius 1 is 1.18 bits per heavy atom. The number of rotatable bonds is 4. The fourth-order valence-corrected chi connectivity index (χ4v) is 1.62. The van der Waals surface area contributed by atoms with Crippen LogP contribution in [0, 0.1) is 0 Å². The van der Waals surface area contributed by atoms with E-state index in [1.54, 1.807) is 19.1 Å². The fourth-order valence-electron chi connectivity index (χ4n) is 1.62. The van der Waals surface area contributed by atoms with Gasteiger partial charge >= 0.3 is 11.9 Å². The van der Waals surface area contributed by atoms with Crippen molar-refractivity contribution in [1.82, 2.24) is 9.97 Å². The summed E-state index contributed by atoms with van der Waals surface area (Å²) in [5, 5.41) is 2.30. The normalized spacial score (nSPS) is 10.4. The molecule has 6 nitrogen and oxygen atoms in total. The number of benzene rings is 1. The van der Waals surface area contributed by atoms with E-state index in [9.17, 15) is 9.59 Å². The second-order valence-corrected chi connectivity index (χ2v) is 4.22. The Hall–Kier alpha value is -3.02. The summed E-state index contributed by atoms with van der Waals surface area (Å²) in [7, 11) is 0. The first-order valence-corrected chi connectivity index (χ1v) is 6.73. The molecular formula is C16H15N3O3. The van der Waals surface area contributed by atoms with Gasteiger partial charge in [-0.3, -0.25) is 10.1 Å². The molecule has 0 spiro atoms. The smallest absolute Gasteiger partial charge is 0.397 e. The van der Waals surface area contributed by atoms with Crippen LogP contribution in [0.5, 0.6) is 0 Å². The standard InChI is InChI=1S/C16H15N3O3/c1-2-22-15(21)14(20)19-16-17-11-10-13(18-16)9-8-12-6-4-3-5-7-12/h3-11H,2H2,1H3,(H,17,18,19,20)/b9-8+. The zero-order valence-corrected chi connectivity index (χ0v) is 12.0. The fraction of sp³-hybridized carbons (Fsp3) is 0.125. The van der Waals surface area contributed by atoms with Crippen molar-refractivity contribution in [2.75, 3.05) is 11.9 Å². The highest BCUT2D eigenvalue weighted by Gasteiger charge is 2.15.